The number of nitrogens with two attached hydrogens (primary N) is 1. The first-order valence-electron chi connectivity index (χ1n) is 6.64. The molecular weight excluding hydrogens is 295 g/mol. The number of hydrogen-bond donors (Lipinski definition) is 2. The lowest BCUT2D eigenvalue weighted by Gasteiger charge is -2.14. The summed E-state index contributed by atoms with van der Waals surface area (Å²) in [5.74, 6) is 5.93. The van der Waals surface area contributed by atoms with E-state index >= 15 is 0 Å². The minimum atomic E-state index is -3.00. The third-order valence-corrected chi connectivity index (χ3v) is 4.49. The van der Waals surface area contributed by atoms with Crippen molar-refractivity contribution in [3.05, 3.63) is 35.3 Å². The second kappa shape index (κ2) is 6.13. The van der Waals surface area contributed by atoms with Crippen LogP contribution in [0, 0.1) is 12.7 Å². The van der Waals surface area contributed by atoms with Gasteiger partial charge < -0.3 is 4.42 Å². The Morgan fingerprint density at radius 3 is 2.76 bits per heavy atom. The van der Waals surface area contributed by atoms with Crippen molar-refractivity contribution in [3.8, 4) is 0 Å². The molecule has 1 atom stereocenters. The number of fused-ring (bicyclic) bond motifs is 1. The summed E-state index contributed by atoms with van der Waals surface area (Å²) in [5, 5.41) is 0.702. The number of hydrazine groups is 1. The van der Waals surface area contributed by atoms with Crippen LogP contribution in [-0.4, -0.2) is 20.4 Å². The molecule has 21 heavy (non-hydrogen) atoms. The van der Waals surface area contributed by atoms with Gasteiger partial charge in [-0.05, 0) is 38.0 Å². The molecule has 2 aromatic rings. The highest BCUT2D eigenvalue weighted by atomic mass is 32.2. The fourth-order valence-corrected chi connectivity index (χ4v) is 3.08. The Kier molecular flexibility index (Phi) is 4.65. The van der Waals surface area contributed by atoms with E-state index in [2.05, 4.69) is 5.43 Å². The second-order valence-electron chi connectivity index (χ2n) is 5.22. The van der Waals surface area contributed by atoms with Crippen LogP contribution >= 0.6 is 0 Å². The minimum Gasteiger partial charge on any atom is -0.459 e. The maximum atomic E-state index is 13.3. The molecule has 116 valence electrons. The molecule has 0 fully saturated rings. The summed E-state index contributed by atoms with van der Waals surface area (Å²) in [6.45, 7) is 1.83. The maximum absolute atomic E-state index is 13.3. The molecule has 0 bridgehead atoms. The lowest BCUT2D eigenvalue weighted by Crippen LogP contribution is -2.28. The van der Waals surface area contributed by atoms with Gasteiger partial charge in [0.25, 0.3) is 0 Å². The third kappa shape index (κ3) is 3.81. The molecule has 7 heteroatoms. The van der Waals surface area contributed by atoms with E-state index in [1.807, 2.05) is 6.92 Å². The number of nitrogens with one attached hydrogen (secondary N) is 1. The number of hydrogen-bond acceptors (Lipinski definition) is 5. The van der Waals surface area contributed by atoms with Gasteiger partial charge in [-0.2, -0.15) is 0 Å². The fraction of sp³-hybridized carbons (Fsp3) is 0.429. The lowest BCUT2D eigenvalue weighted by atomic mass is 10.0. The second-order valence-corrected chi connectivity index (χ2v) is 7.48. The SMILES string of the molecule is Cc1c(C(CCCS(C)(=O)=O)NN)oc2ccc(F)cc12. The van der Waals surface area contributed by atoms with Crippen LogP contribution in [0.15, 0.2) is 22.6 Å². The van der Waals surface area contributed by atoms with Gasteiger partial charge in [0, 0.05) is 23.0 Å². The van der Waals surface area contributed by atoms with E-state index in [9.17, 15) is 12.8 Å². The van der Waals surface area contributed by atoms with E-state index in [0.717, 1.165) is 5.56 Å². The zero-order valence-electron chi connectivity index (χ0n) is 12.0. The number of aryl methyl sites for hydroxylation is 1. The summed E-state index contributed by atoms with van der Waals surface area (Å²) >= 11 is 0. The van der Waals surface area contributed by atoms with Crippen molar-refractivity contribution < 1.29 is 17.2 Å². The average Bonchev–Trinajstić information content (AvgIpc) is 2.71. The number of rotatable bonds is 6. The summed E-state index contributed by atoms with van der Waals surface area (Å²) < 4.78 is 41.4. The highest BCUT2D eigenvalue weighted by molar-refractivity contribution is 7.90. The van der Waals surface area contributed by atoms with Crippen LogP contribution in [0.25, 0.3) is 11.0 Å². The molecule has 1 unspecified atom stereocenters. The number of furan rings is 1. The van der Waals surface area contributed by atoms with Crippen LogP contribution in [0.1, 0.15) is 30.2 Å². The topological polar surface area (TPSA) is 85.3 Å². The predicted molar refractivity (Wildman–Crippen MR) is 79.9 cm³/mol. The van der Waals surface area contributed by atoms with E-state index < -0.39 is 9.84 Å². The molecule has 0 radical (unpaired) electrons. The normalized spacial score (nSPS) is 13.7. The maximum Gasteiger partial charge on any atom is 0.147 e. The van der Waals surface area contributed by atoms with E-state index in [1.54, 1.807) is 6.07 Å². The van der Waals surface area contributed by atoms with Crippen LogP contribution < -0.4 is 11.3 Å². The Morgan fingerprint density at radius 2 is 2.14 bits per heavy atom. The van der Waals surface area contributed by atoms with Crippen molar-refractivity contribution in [3.63, 3.8) is 0 Å². The first-order valence-corrected chi connectivity index (χ1v) is 8.70. The number of halogens is 1. The van der Waals surface area contributed by atoms with Crippen LogP contribution in [-0.2, 0) is 9.84 Å². The molecule has 2 rings (SSSR count). The molecule has 0 aliphatic carbocycles. The summed E-state index contributed by atoms with van der Waals surface area (Å²) in [5.41, 5.74) is 4.04. The van der Waals surface area contributed by atoms with Crippen LogP contribution in [0.2, 0.25) is 0 Å². The van der Waals surface area contributed by atoms with Gasteiger partial charge in [0.05, 0.1) is 6.04 Å². The van der Waals surface area contributed by atoms with Gasteiger partial charge in [0.15, 0.2) is 0 Å². The molecule has 0 saturated carbocycles. The summed E-state index contributed by atoms with van der Waals surface area (Å²) in [7, 11) is -3.00. The van der Waals surface area contributed by atoms with Crippen LogP contribution in [0.3, 0.4) is 0 Å². The third-order valence-electron chi connectivity index (χ3n) is 3.46. The molecule has 0 aliphatic rings. The van der Waals surface area contributed by atoms with Gasteiger partial charge in [0.1, 0.15) is 27.0 Å². The molecule has 0 spiro atoms. The van der Waals surface area contributed by atoms with Gasteiger partial charge in [-0.1, -0.05) is 0 Å². The molecule has 5 nitrogen and oxygen atoms in total. The zero-order valence-corrected chi connectivity index (χ0v) is 12.8. The molecule has 0 aliphatic heterocycles. The van der Waals surface area contributed by atoms with Crippen molar-refractivity contribution in [2.24, 2.45) is 5.84 Å². The molecular formula is C14H19FN2O3S. The highest BCUT2D eigenvalue weighted by Gasteiger charge is 2.20. The van der Waals surface area contributed by atoms with E-state index in [4.69, 9.17) is 10.3 Å². The summed E-state index contributed by atoms with van der Waals surface area (Å²) in [6.07, 6.45) is 2.19. The molecule has 0 saturated heterocycles. The van der Waals surface area contributed by atoms with Gasteiger partial charge in [0.2, 0.25) is 0 Å². The van der Waals surface area contributed by atoms with Gasteiger partial charge in [-0.15, -0.1) is 0 Å². The lowest BCUT2D eigenvalue weighted by molar-refractivity contribution is 0.411. The Labute approximate surface area is 123 Å². The van der Waals surface area contributed by atoms with Crippen molar-refractivity contribution in [1.29, 1.82) is 0 Å². The summed E-state index contributed by atoms with van der Waals surface area (Å²) in [4.78, 5) is 0. The van der Waals surface area contributed by atoms with E-state index in [1.165, 1.54) is 18.4 Å². The van der Waals surface area contributed by atoms with Crippen LogP contribution in [0.5, 0.6) is 0 Å². The Bertz CT molecular complexity index is 740. The predicted octanol–water partition coefficient (Wildman–Crippen LogP) is 2.21. The van der Waals surface area contributed by atoms with E-state index in [0.29, 0.717) is 29.6 Å². The largest absolute Gasteiger partial charge is 0.459 e. The van der Waals surface area contributed by atoms with Crippen LogP contribution in [0.4, 0.5) is 4.39 Å². The van der Waals surface area contributed by atoms with Gasteiger partial charge in [-0.25, -0.2) is 18.2 Å². The average molecular weight is 314 g/mol. The van der Waals surface area contributed by atoms with E-state index in [-0.39, 0.29) is 17.6 Å². The Morgan fingerprint density at radius 1 is 1.43 bits per heavy atom. The molecule has 1 aromatic carbocycles. The number of benzene rings is 1. The number of sulfone groups is 1. The minimum absolute atomic E-state index is 0.0963. The highest BCUT2D eigenvalue weighted by Crippen LogP contribution is 2.31. The Balaban J connectivity index is 2.24. The quantitative estimate of drug-likeness (QED) is 0.631. The first kappa shape index (κ1) is 15.9. The smallest absolute Gasteiger partial charge is 0.147 e. The van der Waals surface area contributed by atoms with Crippen molar-refractivity contribution >= 4 is 20.8 Å². The fourth-order valence-electron chi connectivity index (χ4n) is 2.38. The first-order chi connectivity index (χ1) is 9.81. The summed E-state index contributed by atoms with van der Waals surface area (Å²) in [6, 6.07) is 4.03. The molecule has 1 aromatic heterocycles. The molecule has 1 heterocycles. The Hall–Kier alpha value is -1.44. The molecule has 0 amide bonds. The van der Waals surface area contributed by atoms with Crippen molar-refractivity contribution in [2.45, 2.75) is 25.8 Å². The monoisotopic (exact) mass is 314 g/mol. The molecule has 3 N–H and O–H groups in total. The zero-order chi connectivity index (χ0) is 15.6. The standard InChI is InChI=1S/C14H19FN2O3S/c1-9-11-8-10(15)5-6-13(11)20-14(9)12(17-16)4-3-7-21(2,18)19/h5-6,8,12,17H,3-4,7,16H2,1-2H3. The van der Waals surface area contributed by atoms with Gasteiger partial charge >= 0.3 is 0 Å². The van der Waals surface area contributed by atoms with Crippen molar-refractivity contribution in [1.82, 2.24) is 5.43 Å². The van der Waals surface area contributed by atoms with Gasteiger partial charge in [-0.3, -0.25) is 5.84 Å². The van der Waals surface area contributed by atoms with Crippen molar-refractivity contribution in [2.75, 3.05) is 12.0 Å².